The van der Waals surface area contributed by atoms with Crippen LogP contribution >= 0.6 is 0 Å². The third-order valence-electron chi connectivity index (χ3n) is 3.29. The molecule has 5 heteroatoms. The van der Waals surface area contributed by atoms with E-state index in [0.29, 0.717) is 0 Å². The first-order valence-corrected chi connectivity index (χ1v) is 5.78. The summed E-state index contributed by atoms with van der Waals surface area (Å²) in [5, 5.41) is 22.1. The van der Waals surface area contributed by atoms with Crippen molar-refractivity contribution in [2.24, 2.45) is 5.92 Å². The summed E-state index contributed by atoms with van der Waals surface area (Å²) in [4.78, 5) is 12.0. The Hall–Kier alpha value is -1.78. The molecule has 2 rings (SSSR count). The molecule has 92 valence electrons. The quantitative estimate of drug-likeness (QED) is 0.580. The van der Waals surface area contributed by atoms with Crippen molar-refractivity contribution in [1.82, 2.24) is 0 Å². The van der Waals surface area contributed by atoms with Crippen LogP contribution in [0.15, 0.2) is 18.2 Å². The third kappa shape index (κ3) is 2.49. The molecule has 0 bridgehead atoms. The zero-order chi connectivity index (χ0) is 12.4. The molecule has 0 atom stereocenters. The minimum absolute atomic E-state index is 0.348. The summed E-state index contributed by atoms with van der Waals surface area (Å²) in [6, 6.07) is 4.33. The third-order valence-corrected chi connectivity index (χ3v) is 3.29. The number of anilines is 1. The maximum atomic E-state index is 11.5. The summed E-state index contributed by atoms with van der Waals surface area (Å²) in [6.07, 6.45) is 2.20. The minimum atomic E-state index is -0.635. The van der Waals surface area contributed by atoms with E-state index in [1.165, 1.54) is 12.1 Å². The van der Waals surface area contributed by atoms with Crippen LogP contribution in [0.4, 0.5) is 11.4 Å². The smallest absolute Gasteiger partial charge is 0.261 e. The first kappa shape index (κ1) is 11.7. The molecular weight excluding hydrogens is 220 g/mol. The van der Waals surface area contributed by atoms with Crippen molar-refractivity contribution in [3.8, 4) is 5.75 Å². The van der Waals surface area contributed by atoms with Crippen molar-refractivity contribution < 1.29 is 10.0 Å². The van der Waals surface area contributed by atoms with Gasteiger partial charge in [-0.2, -0.15) is 0 Å². The van der Waals surface area contributed by atoms with Crippen LogP contribution in [-0.2, 0) is 0 Å². The lowest BCUT2D eigenvalue weighted by Gasteiger charge is -2.32. The second-order valence-corrected chi connectivity index (χ2v) is 4.58. The Kier molecular flexibility index (Phi) is 3.17. The molecule has 17 heavy (non-hydrogen) atoms. The van der Waals surface area contributed by atoms with E-state index < -0.39 is 10.7 Å². The molecule has 1 fully saturated rings. The van der Waals surface area contributed by atoms with Crippen LogP contribution in [0.25, 0.3) is 0 Å². The molecule has 1 aromatic carbocycles. The molecule has 1 aliphatic heterocycles. The monoisotopic (exact) mass is 235 g/mol. The average molecular weight is 235 g/mol. The molecule has 0 saturated carbocycles. The molecule has 1 heterocycles. The van der Waals surface area contributed by atoms with Gasteiger partial charge in [0.2, 0.25) is 0 Å². The van der Waals surface area contributed by atoms with Gasteiger partial charge in [0.1, 0.15) is 0 Å². The van der Waals surface area contributed by atoms with Gasteiger partial charge in [-0.3, -0.25) is 10.1 Å². The lowest BCUT2D eigenvalue weighted by atomic mass is 9.99. The zero-order valence-corrected chi connectivity index (χ0v) is 9.76. The zero-order valence-electron chi connectivity index (χ0n) is 9.76. The van der Waals surface area contributed by atoms with Crippen LogP contribution in [0.1, 0.15) is 19.8 Å². The van der Waals surface area contributed by atoms with E-state index in [0.717, 1.165) is 37.5 Å². The molecule has 1 aromatic rings. The Balaban J connectivity index is 2.17. The van der Waals surface area contributed by atoms with E-state index in [1.807, 2.05) is 0 Å². The van der Waals surface area contributed by atoms with Gasteiger partial charge in [-0.25, -0.2) is 0 Å². The standard InChI is InChI=1S/C12H16N2O3/c1-9-4-6-13(7-5-9)10-2-3-11(14(16)17)12(15)8-10/h2-3,8-9,15H,4-7H2,1H3/p-1. The Morgan fingerprint density at radius 1 is 1.35 bits per heavy atom. The molecule has 0 radical (unpaired) electrons. The highest BCUT2D eigenvalue weighted by Gasteiger charge is 2.17. The fourth-order valence-corrected chi connectivity index (χ4v) is 2.12. The number of hydrogen-bond donors (Lipinski definition) is 0. The Bertz CT molecular complexity index is 426. The number of nitro groups is 1. The van der Waals surface area contributed by atoms with Gasteiger partial charge in [0, 0.05) is 24.8 Å². The average Bonchev–Trinajstić information content (AvgIpc) is 2.29. The number of piperidine rings is 1. The molecule has 0 unspecified atom stereocenters. The van der Waals surface area contributed by atoms with Gasteiger partial charge < -0.3 is 10.0 Å². The van der Waals surface area contributed by atoms with Gasteiger partial charge in [0.25, 0.3) is 5.69 Å². The van der Waals surface area contributed by atoms with Crippen LogP contribution in [0.2, 0.25) is 0 Å². The van der Waals surface area contributed by atoms with Crippen molar-refractivity contribution >= 4 is 11.4 Å². The number of benzene rings is 1. The number of hydrogen-bond acceptors (Lipinski definition) is 4. The summed E-state index contributed by atoms with van der Waals surface area (Å²) in [6.45, 7) is 4.04. The topological polar surface area (TPSA) is 69.4 Å². The van der Waals surface area contributed by atoms with Crippen LogP contribution in [0.5, 0.6) is 5.75 Å². The summed E-state index contributed by atoms with van der Waals surface area (Å²) in [5.41, 5.74) is 0.451. The van der Waals surface area contributed by atoms with Crippen molar-refractivity contribution in [3.05, 3.63) is 28.3 Å². The van der Waals surface area contributed by atoms with E-state index in [2.05, 4.69) is 11.8 Å². The Morgan fingerprint density at radius 3 is 2.53 bits per heavy atom. The highest BCUT2D eigenvalue weighted by atomic mass is 16.6. The first-order chi connectivity index (χ1) is 8.08. The molecular formula is C12H15N2O3-. The summed E-state index contributed by atoms with van der Waals surface area (Å²) in [7, 11) is 0. The predicted molar refractivity (Wildman–Crippen MR) is 63.2 cm³/mol. The van der Waals surface area contributed by atoms with E-state index in [9.17, 15) is 15.2 Å². The molecule has 1 saturated heterocycles. The maximum absolute atomic E-state index is 11.5. The second kappa shape index (κ2) is 4.61. The fourth-order valence-electron chi connectivity index (χ4n) is 2.12. The maximum Gasteiger partial charge on any atom is 0.261 e. The molecule has 0 spiro atoms. The van der Waals surface area contributed by atoms with Crippen molar-refractivity contribution in [3.63, 3.8) is 0 Å². The second-order valence-electron chi connectivity index (χ2n) is 4.58. The van der Waals surface area contributed by atoms with E-state index >= 15 is 0 Å². The normalized spacial score (nSPS) is 17.1. The molecule has 5 nitrogen and oxygen atoms in total. The van der Waals surface area contributed by atoms with E-state index in [1.54, 1.807) is 6.07 Å². The fraction of sp³-hybridized carbons (Fsp3) is 0.500. The predicted octanol–water partition coefficient (Wildman–Crippen LogP) is 1.90. The Labute approximate surface area is 99.8 Å². The summed E-state index contributed by atoms with van der Waals surface area (Å²) in [5.74, 6) is 0.210. The highest BCUT2D eigenvalue weighted by molar-refractivity contribution is 5.58. The van der Waals surface area contributed by atoms with Crippen LogP contribution in [-0.4, -0.2) is 18.0 Å². The minimum Gasteiger partial charge on any atom is -0.868 e. The molecule has 0 aromatic heterocycles. The van der Waals surface area contributed by atoms with E-state index in [4.69, 9.17) is 0 Å². The summed E-state index contributed by atoms with van der Waals surface area (Å²) >= 11 is 0. The van der Waals surface area contributed by atoms with Crippen LogP contribution in [0.3, 0.4) is 0 Å². The first-order valence-electron chi connectivity index (χ1n) is 5.78. The van der Waals surface area contributed by atoms with E-state index in [-0.39, 0.29) is 5.69 Å². The van der Waals surface area contributed by atoms with Gasteiger partial charge in [-0.05, 0) is 36.6 Å². The van der Waals surface area contributed by atoms with Crippen molar-refractivity contribution in [2.75, 3.05) is 18.0 Å². The molecule has 0 aliphatic carbocycles. The number of rotatable bonds is 2. The van der Waals surface area contributed by atoms with Gasteiger partial charge in [-0.1, -0.05) is 6.92 Å². The van der Waals surface area contributed by atoms with Gasteiger partial charge in [0.15, 0.2) is 0 Å². The van der Waals surface area contributed by atoms with Crippen LogP contribution in [0, 0.1) is 16.0 Å². The molecule has 0 amide bonds. The van der Waals surface area contributed by atoms with Crippen molar-refractivity contribution in [1.29, 1.82) is 0 Å². The van der Waals surface area contributed by atoms with Gasteiger partial charge in [0.05, 0.1) is 4.92 Å². The van der Waals surface area contributed by atoms with Crippen LogP contribution < -0.4 is 10.0 Å². The lowest BCUT2D eigenvalue weighted by Crippen LogP contribution is -2.32. The van der Waals surface area contributed by atoms with Gasteiger partial charge in [-0.15, -0.1) is 0 Å². The van der Waals surface area contributed by atoms with Crippen molar-refractivity contribution in [2.45, 2.75) is 19.8 Å². The molecule has 0 N–H and O–H groups in total. The number of nitrogens with zero attached hydrogens (tertiary/aromatic N) is 2. The SMILES string of the molecule is CC1CCN(c2ccc([N+](=O)[O-])c([O-])c2)CC1. The largest absolute Gasteiger partial charge is 0.868 e. The Morgan fingerprint density at radius 2 is 2.00 bits per heavy atom. The van der Waals surface area contributed by atoms with Gasteiger partial charge >= 0.3 is 0 Å². The number of nitro benzene ring substituents is 1. The highest BCUT2D eigenvalue weighted by Crippen LogP contribution is 2.30. The lowest BCUT2D eigenvalue weighted by molar-refractivity contribution is -0.398. The summed E-state index contributed by atoms with van der Waals surface area (Å²) < 4.78 is 0. The molecule has 1 aliphatic rings.